The summed E-state index contributed by atoms with van der Waals surface area (Å²) in [7, 11) is 0. The number of nitrogens with one attached hydrogen (secondary N) is 1. The molecule has 118 valence electrons. The largest absolute Gasteiger partial charge is 0.382 e. The highest BCUT2D eigenvalue weighted by molar-refractivity contribution is 5.20. The Bertz CT molecular complexity index is 409. The summed E-state index contributed by atoms with van der Waals surface area (Å²) in [5.74, 6) is 0. The van der Waals surface area contributed by atoms with Crippen LogP contribution in [0.25, 0.3) is 0 Å². The van der Waals surface area contributed by atoms with E-state index in [2.05, 4.69) is 61.3 Å². The molecule has 1 saturated heterocycles. The molecule has 0 aliphatic carbocycles. The van der Waals surface area contributed by atoms with Crippen molar-refractivity contribution in [1.82, 2.24) is 10.2 Å². The van der Waals surface area contributed by atoms with Crippen LogP contribution in [-0.4, -0.2) is 43.3 Å². The maximum absolute atomic E-state index is 5.50. The predicted octanol–water partition coefficient (Wildman–Crippen LogP) is 3.23. The lowest BCUT2D eigenvalue weighted by atomic mass is 9.91. The summed E-state index contributed by atoms with van der Waals surface area (Å²) in [4.78, 5) is 2.63. The molecule has 0 amide bonds. The van der Waals surface area contributed by atoms with Crippen molar-refractivity contribution in [1.29, 1.82) is 0 Å². The van der Waals surface area contributed by atoms with E-state index in [4.69, 9.17) is 4.74 Å². The Morgan fingerprint density at radius 2 is 2.05 bits per heavy atom. The van der Waals surface area contributed by atoms with Crippen molar-refractivity contribution in [2.75, 3.05) is 32.8 Å². The molecule has 2 unspecified atom stereocenters. The van der Waals surface area contributed by atoms with Crippen molar-refractivity contribution >= 4 is 0 Å². The molecule has 21 heavy (non-hydrogen) atoms. The average Bonchev–Trinajstić information content (AvgIpc) is 2.53. The molecule has 0 bridgehead atoms. The monoisotopic (exact) mass is 290 g/mol. The maximum atomic E-state index is 5.50. The average molecular weight is 290 g/mol. The maximum Gasteiger partial charge on any atom is 0.0478 e. The molecular formula is C18H30N2O. The van der Waals surface area contributed by atoms with E-state index in [1.165, 1.54) is 5.56 Å². The fourth-order valence-corrected chi connectivity index (χ4v) is 3.08. The number of nitrogens with zero attached hydrogens (tertiary/aromatic N) is 1. The number of ether oxygens (including phenoxy) is 1. The lowest BCUT2D eigenvalue weighted by Gasteiger charge is -2.46. The summed E-state index contributed by atoms with van der Waals surface area (Å²) in [6.45, 7) is 11.6. The Balaban J connectivity index is 2.03. The molecule has 1 aromatic carbocycles. The highest BCUT2D eigenvalue weighted by atomic mass is 16.5. The topological polar surface area (TPSA) is 24.5 Å². The summed E-state index contributed by atoms with van der Waals surface area (Å²) in [6, 6.07) is 11.3. The van der Waals surface area contributed by atoms with Gasteiger partial charge in [0.05, 0.1) is 0 Å². The van der Waals surface area contributed by atoms with Gasteiger partial charge in [-0.1, -0.05) is 37.3 Å². The van der Waals surface area contributed by atoms with Gasteiger partial charge in [0.2, 0.25) is 0 Å². The third kappa shape index (κ3) is 4.53. The van der Waals surface area contributed by atoms with Gasteiger partial charge < -0.3 is 10.1 Å². The highest BCUT2D eigenvalue weighted by Crippen LogP contribution is 2.28. The van der Waals surface area contributed by atoms with Crippen LogP contribution >= 0.6 is 0 Å². The summed E-state index contributed by atoms with van der Waals surface area (Å²) >= 11 is 0. The number of hydrogen-bond acceptors (Lipinski definition) is 3. The lowest BCUT2D eigenvalue weighted by Crippen LogP contribution is -2.59. The van der Waals surface area contributed by atoms with E-state index in [1.54, 1.807) is 0 Å². The van der Waals surface area contributed by atoms with E-state index >= 15 is 0 Å². The molecule has 0 saturated carbocycles. The van der Waals surface area contributed by atoms with Crippen LogP contribution < -0.4 is 5.32 Å². The van der Waals surface area contributed by atoms with Crippen LogP contribution in [0.15, 0.2) is 30.3 Å². The molecule has 1 aromatic rings. The molecule has 1 aliphatic heterocycles. The van der Waals surface area contributed by atoms with Gasteiger partial charge in [-0.2, -0.15) is 0 Å². The highest BCUT2D eigenvalue weighted by Gasteiger charge is 2.34. The Morgan fingerprint density at radius 3 is 2.71 bits per heavy atom. The number of benzene rings is 1. The van der Waals surface area contributed by atoms with Crippen molar-refractivity contribution < 1.29 is 4.74 Å². The fourth-order valence-electron chi connectivity index (χ4n) is 3.08. The SMILES string of the molecule is CCOCCCN1CC(C)(CC)NCC1c1ccccc1. The molecule has 0 spiro atoms. The van der Waals surface area contributed by atoms with E-state index in [9.17, 15) is 0 Å². The van der Waals surface area contributed by atoms with Gasteiger partial charge in [0.1, 0.15) is 0 Å². The minimum atomic E-state index is 0.233. The minimum absolute atomic E-state index is 0.233. The summed E-state index contributed by atoms with van der Waals surface area (Å²) < 4.78 is 5.50. The van der Waals surface area contributed by atoms with Crippen molar-refractivity contribution in [3.05, 3.63) is 35.9 Å². The normalized spacial score (nSPS) is 26.9. The van der Waals surface area contributed by atoms with Crippen LogP contribution in [0.3, 0.4) is 0 Å². The van der Waals surface area contributed by atoms with Gasteiger partial charge in [-0.3, -0.25) is 4.90 Å². The first-order valence-corrected chi connectivity index (χ1v) is 8.30. The first-order chi connectivity index (χ1) is 10.2. The third-order valence-corrected chi connectivity index (χ3v) is 4.62. The molecule has 1 aliphatic rings. The molecule has 3 nitrogen and oxygen atoms in total. The van der Waals surface area contributed by atoms with Crippen LogP contribution in [0.1, 0.15) is 45.2 Å². The second-order valence-corrected chi connectivity index (χ2v) is 6.24. The van der Waals surface area contributed by atoms with E-state index in [-0.39, 0.29) is 5.54 Å². The Morgan fingerprint density at radius 1 is 1.29 bits per heavy atom. The van der Waals surface area contributed by atoms with Gasteiger partial charge in [-0.15, -0.1) is 0 Å². The van der Waals surface area contributed by atoms with Gasteiger partial charge in [0.25, 0.3) is 0 Å². The second kappa shape index (κ2) is 7.92. The fraction of sp³-hybridized carbons (Fsp3) is 0.667. The number of hydrogen-bond donors (Lipinski definition) is 1. The zero-order chi connectivity index (χ0) is 15.1. The quantitative estimate of drug-likeness (QED) is 0.780. The van der Waals surface area contributed by atoms with Crippen molar-refractivity contribution in [3.63, 3.8) is 0 Å². The molecular weight excluding hydrogens is 260 g/mol. The van der Waals surface area contributed by atoms with E-state index < -0.39 is 0 Å². The molecule has 2 rings (SSSR count). The molecule has 0 aromatic heterocycles. The van der Waals surface area contributed by atoms with Gasteiger partial charge in [0.15, 0.2) is 0 Å². The first-order valence-electron chi connectivity index (χ1n) is 8.30. The molecule has 1 heterocycles. The van der Waals surface area contributed by atoms with Gasteiger partial charge in [-0.25, -0.2) is 0 Å². The molecule has 3 heteroatoms. The Hall–Kier alpha value is -0.900. The zero-order valence-electron chi connectivity index (χ0n) is 13.8. The minimum Gasteiger partial charge on any atom is -0.382 e. The van der Waals surface area contributed by atoms with Crippen LogP contribution in [-0.2, 0) is 4.74 Å². The van der Waals surface area contributed by atoms with Crippen LogP contribution in [0.5, 0.6) is 0 Å². The smallest absolute Gasteiger partial charge is 0.0478 e. The summed E-state index contributed by atoms with van der Waals surface area (Å²) in [5, 5.41) is 3.75. The summed E-state index contributed by atoms with van der Waals surface area (Å²) in [5.41, 5.74) is 1.65. The van der Waals surface area contributed by atoms with E-state index in [1.807, 2.05) is 0 Å². The molecule has 0 radical (unpaired) electrons. The van der Waals surface area contributed by atoms with Gasteiger partial charge >= 0.3 is 0 Å². The van der Waals surface area contributed by atoms with Crippen molar-refractivity contribution in [3.8, 4) is 0 Å². The van der Waals surface area contributed by atoms with Crippen molar-refractivity contribution in [2.24, 2.45) is 0 Å². The van der Waals surface area contributed by atoms with E-state index in [0.29, 0.717) is 6.04 Å². The van der Waals surface area contributed by atoms with Crippen molar-refractivity contribution in [2.45, 2.75) is 45.2 Å². The Labute approximate surface area is 129 Å². The second-order valence-electron chi connectivity index (χ2n) is 6.24. The van der Waals surface area contributed by atoms with Gasteiger partial charge in [0, 0.05) is 44.4 Å². The first kappa shape index (κ1) is 16.5. The predicted molar refractivity (Wildman–Crippen MR) is 88.6 cm³/mol. The number of piperazine rings is 1. The molecule has 1 N–H and O–H groups in total. The van der Waals surface area contributed by atoms with Crippen LogP contribution in [0.4, 0.5) is 0 Å². The summed E-state index contributed by atoms with van der Waals surface area (Å²) in [6.07, 6.45) is 2.27. The van der Waals surface area contributed by atoms with Crippen LogP contribution in [0, 0.1) is 0 Å². The lowest BCUT2D eigenvalue weighted by molar-refractivity contribution is 0.0680. The van der Waals surface area contributed by atoms with Crippen LogP contribution in [0.2, 0.25) is 0 Å². The molecule has 1 fully saturated rings. The third-order valence-electron chi connectivity index (χ3n) is 4.62. The Kier molecular flexibility index (Phi) is 6.22. The van der Waals surface area contributed by atoms with Gasteiger partial charge in [-0.05, 0) is 32.3 Å². The number of rotatable bonds is 7. The standard InChI is InChI=1S/C18H30N2O/c1-4-18(3)15-20(12-9-13-21-5-2)17(14-19-18)16-10-7-6-8-11-16/h6-8,10-11,17,19H,4-5,9,12-15H2,1-3H3. The zero-order valence-corrected chi connectivity index (χ0v) is 13.8. The molecule has 2 atom stereocenters. The van der Waals surface area contributed by atoms with E-state index in [0.717, 1.165) is 45.7 Å².